The number of nitrogens with one attached hydrogen (secondary N) is 1. The van der Waals surface area contributed by atoms with Gasteiger partial charge in [-0.2, -0.15) is 10.2 Å². The number of hydrogen-bond acceptors (Lipinski definition) is 8. The molecule has 0 amide bonds. The van der Waals surface area contributed by atoms with E-state index in [4.69, 9.17) is 4.74 Å². The first-order valence-electron chi connectivity index (χ1n) is 24.9. The lowest BCUT2D eigenvalue weighted by molar-refractivity contribution is -0.143. The maximum atomic E-state index is 13.2. The molecule has 0 saturated carbocycles. The summed E-state index contributed by atoms with van der Waals surface area (Å²) in [5.41, 5.74) is 9.35. The number of ketones is 2. The number of piperidine rings is 2. The molecule has 8 aromatic rings. The summed E-state index contributed by atoms with van der Waals surface area (Å²) in [6, 6.07) is 63.5. The van der Waals surface area contributed by atoms with E-state index in [1.54, 1.807) is 12.4 Å². The Bertz CT molecular complexity index is 2870. The van der Waals surface area contributed by atoms with Crippen LogP contribution in [0.4, 0.5) is 0 Å². The Labute approximate surface area is 422 Å². The number of nitrogens with zero attached hydrogens (tertiary/aromatic N) is 5. The largest absolute Gasteiger partial charge is 0.466 e. The molecular weight excluding hydrogens is 893 g/mol. The summed E-state index contributed by atoms with van der Waals surface area (Å²) in [5.74, 6) is 0.170. The highest BCUT2D eigenvalue weighted by atomic mass is 16.5. The van der Waals surface area contributed by atoms with Crippen LogP contribution in [0.3, 0.4) is 0 Å². The van der Waals surface area contributed by atoms with Gasteiger partial charge in [-0.3, -0.25) is 34.0 Å². The third kappa shape index (κ3) is 10.7. The number of aryl methyl sites for hydroxylation is 1. The fraction of sp³-hybridized carbons (Fsp3) is 0.210. The molecule has 2 fully saturated rings. The summed E-state index contributed by atoms with van der Waals surface area (Å²) in [5, 5.41) is 11.3. The van der Waals surface area contributed by atoms with Gasteiger partial charge in [0.15, 0.2) is 11.6 Å². The van der Waals surface area contributed by atoms with Crippen LogP contribution in [-0.4, -0.2) is 80.1 Å². The van der Waals surface area contributed by atoms with Crippen LogP contribution in [0.2, 0.25) is 0 Å². The fourth-order valence-corrected chi connectivity index (χ4v) is 10.5. The molecule has 0 bridgehead atoms. The number of aromatic nitrogens is 4. The van der Waals surface area contributed by atoms with E-state index in [9.17, 15) is 14.4 Å². The average molecular weight is 953 g/mol. The maximum absolute atomic E-state index is 13.2. The number of likely N-dealkylation sites (tertiary alicyclic amines) is 2. The molecule has 0 unspecified atom stereocenters. The molecule has 72 heavy (non-hydrogen) atoms. The minimum absolute atomic E-state index is 0.161. The molecule has 0 atom stereocenters. The number of H-pyrrole nitrogens is 1. The molecule has 2 aliphatic rings. The topological polar surface area (TPSA) is 113 Å². The lowest BCUT2D eigenvalue weighted by Crippen LogP contribution is -2.52. The van der Waals surface area contributed by atoms with Crippen molar-refractivity contribution in [2.24, 2.45) is 0 Å². The summed E-state index contributed by atoms with van der Waals surface area (Å²) in [6.45, 7) is 5.20. The highest BCUT2D eigenvalue weighted by Gasteiger charge is 2.45. The monoisotopic (exact) mass is 952 g/mol. The highest BCUT2D eigenvalue weighted by Crippen LogP contribution is 2.45. The van der Waals surface area contributed by atoms with Crippen LogP contribution in [0.15, 0.2) is 218 Å². The molecule has 2 saturated heterocycles. The second-order valence-corrected chi connectivity index (χ2v) is 18.1. The van der Waals surface area contributed by atoms with Gasteiger partial charge in [0, 0.05) is 86.7 Å². The Morgan fingerprint density at radius 1 is 0.569 bits per heavy atom. The molecule has 10 heteroatoms. The number of carbonyl (C=O) groups excluding carboxylic acids is 3. The van der Waals surface area contributed by atoms with Crippen molar-refractivity contribution in [1.82, 2.24) is 29.8 Å². The van der Waals surface area contributed by atoms with Gasteiger partial charge in [0.05, 0.1) is 30.1 Å². The van der Waals surface area contributed by atoms with Crippen molar-refractivity contribution in [3.8, 4) is 0 Å². The summed E-state index contributed by atoms with van der Waals surface area (Å²) in [4.78, 5) is 42.6. The smallest absolute Gasteiger partial charge is 0.305 e. The molecule has 0 radical (unpaired) electrons. The Hall–Kier alpha value is -8.05. The molecule has 10 nitrogen and oxygen atoms in total. The van der Waals surface area contributed by atoms with Crippen molar-refractivity contribution in [2.45, 2.75) is 50.2 Å². The van der Waals surface area contributed by atoms with Crippen LogP contribution in [0.25, 0.3) is 12.2 Å². The third-order valence-electron chi connectivity index (χ3n) is 13.7. The van der Waals surface area contributed by atoms with Gasteiger partial charge in [-0.05, 0) is 58.9 Å². The predicted molar refractivity (Wildman–Crippen MR) is 283 cm³/mol. The number of benzene rings is 6. The fourth-order valence-electron chi connectivity index (χ4n) is 10.5. The van der Waals surface area contributed by atoms with Gasteiger partial charge < -0.3 is 4.74 Å². The Morgan fingerprint density at radius 3 is 1.32 bits per heavy atom. The number of ether oxygens (including phenoxy) is 1. The zero-order chi connectivity index (χ0) is 49.6. The number of esters is 1. The zero-order valence-corrected chi connectivity index (χ0v) is 40.7. The van der Waals surface area contributed by atoms with Crippen LogP contribution in [-0.2, 0) is 36.7 Å². The van der Waals surface area contributed by atoms with Gasteiger partial charge in [-0.25, -0.2) is 0 Å². The van der Waals surface area contributed by atoms with Crippen molar-refractivity contribution in [2.75, 3.05) is 32.8 Å². The normalized spacial score (nSPS) is 15.8. The van der Waals surface area contributed by atoms with Crippen molar-refractivity contribution < 1.29 is 19.1 Å². The third-order valence-corrected chi connectivity index (χ3v) is 13.7. The van der Waals surface area contributed by atoms with E-state index in [1.165, 1.54) is 16.7 Å². The molecule has 1 N–H and O–H groups in total. The lowest BCUT2D eigenvalue weighted by atomic mass is 9.74. The second-order valence-electron chi connectivity index (χ2n) is 18.1. The molecule has 362 valence electrons. The van der Waals surface area contributed by atoms with Gasteiger partial charge in [-0.1, -0.05) is 182 Å². The summed E-state index contributed by atoms with van der Waals surface area (Å²) < 4.78 is 6.83. The SMILES string of the molecule is CCOC(=O)CCCn1cc(/C=C2\CN(C(c3ccccc3)(c3ccccc3)c3ccccc3)CCC2=O)cn1.O=C1CCN(C(c2ccccc2)(c2ccccc2)c2ccccc2)C/C1=C\c1cn[nH]c1. The van der Waals surface area contributed by atoms with E-state index >= 15 is 0 Å². The van der Waals surface area contributed by atoms with Crippen molar-refractivity contribution >= 4 is 29.7 Å². The number of hydrogen-bond donors (Lipinski definition) is 1. The summed E-state index contributed by atoms with van der Waals surface area (Å²) in [6.07, 6.45) is 13.1. The quantitative estimate of drug-likeness (QED) is 0.0614. The van der Waals surface area contributed by atoms with Crippen LogP contribution in [0.1, 0.15) is 77.1 Å². The molecule has 2 aromatic heterocycles. The number of aromatic amines is 1. The maximum Gasteiger partial charge on any atom is 0.305 e. The van der Waals surface area contributed by atoms with Gasteiger partial charge in [0.2, 0.25) is 0 Å². The highest BCUT2D eigenvalue weighted by molar-refractivity contribution is 6.01. The van der Waals surface area contributed by atoms with Crippen LogP contribution in [0.5, 0.6) is 0 Å². The van der Waals surface area contributed by atoms with E-state index in [0.29, 0.717) is 65.0 Å². The molecular formula is C62H60N6O4. The standard InChI is InChI=1S/C34H35N3O3.C28H25N3O/c1-2-40-33(39)19-12-21-37-25-27(24-35-37)23-28-26-36(22-20-32(28)38)34(29-13-6-3-7-14-29,30-15-8-4-9-16-30)31-17-10-5-11-18-31;32-27-16-17-31(21-23(27)18-22-19-29-30-20-22)28(24-10-4-1-5-11-24,25-12-6-2-7-13-25)26-14-8-3-9-15-26/h3-11,13-18,23-25H,2,12,19-22,26H2,1H3;1-15,18-20H,16-17,21H2,(H,29,30)/b28-23+;23-18+. The van der Waals surface area contributed by atoms with Crippen molar-refractivity contribution in [3.63, 3.8) is 0 Å². The van der Waals surface area contributed by atoms with E-state index in [1.807, 2.05) is 72.5 Å². The van der Waals surface area contributed by atoms with E-state index < -0.39 is 11.1 Å². The van der Waals surface area contributed by atoms with Crippen LogP contribution in [0, 0.1) is 0 Å². The molecule has 0 spiro atoms. The Balaban J connectivity index is 0.000000182. The van der Waals surface area contributed by atoms with Gasteiger partial charge in [-0.15, -0.1) is 0 Å². The van der Waals surface area contributed by atoms with Crippen molar-refractivity contribution in [1.29, 1.82) is 0 Å². The zero-order valence-electron chi connectivity index (χ0n) is 40.7. The van der Waals surface area contributed by atoms with Gasteiger partial charge >= 0.3 is 5.97 Å². The van der Waals surface area contributed by atoms with Gasteiger partial charge in [0.1, 0.15) is 0 Å². The minimum atomic E-state index is -0.569. The average Bonchev–Trinajstić information content (AvgIpc) is 4.13. The first-order valence-corrected chi connectivity index (χ1v) is 24.9. The Morgan fingerprint density at radius 2 is 0.958 bits per heavy atom. The van der Waals surface area contributed by atoms with E-state index in [-0.39, 0.29) is 17.5 Å². The summed E-state index contributed by atoms with van der Waals surface area (Å²) >= 11 is 0. The summed E-state index contributed by atoms with van der Waals surface area (Å²) in [7, 11) is 0. The Kier molecular flexibility index (Phi) is 15.8. The van der Waals surface area contributed by atoms with E-state index in [0.717, 1.165) is 39.0 Å². The lowest BCUT2D eigenvalue weighted by Gasteiger charge is -2.47. The molecule has 6 aromatic carbocycles. The second kappa shape index (κ2) is 23.2. The van der Waals surface area contributed by atoms with Crippen LogP contribution < -0.4 is 0 Å². The van der Waals surface area contributed by atoms with Crippen LogP contribution >= 0.6 is 0 Å². The number of carbonyl (C=O) groups is 3. The van der Waals surface area contributed by atoms with Crippen molar-refractivity contribution in [3.05, 3.63) is 262 Å². The first-order chi connectivity index (χ1) is 35.4. The minimum Gasteiger partial charge on any atom is -0.466 e. The molecule has 2 aliphatic heterocycles. The molecule has 4 heterocycles. The molecule has 10 rings (SSSR count). The first kappa shape index (κ1) is 49.0. The number of Topliss-reactive ketones (excluding diaryl/α,β-unsaturated/α-hetero) is 2. The van der Waals surface area contributed by atoms with E-state index in [2.05, 4.69) is 171 Å². The molecule has 0 aliphatic carbocycles. The number of rotatable bonds is 15. The van der Waals surface area contributed by atoms with Gasteiger partial charge in [0.25, 0.3) is 0 Å². The predicted octanol–water partition coefficient (Wildman–Crippen LogP) is 10.9.